The van der Waals surface area contributed by atoms with E-state index in [-0.39, 0.29) is 29.1 Å². The van der Waals surface area contributed by atoms with Gasteiger partial charge in [0.2, 0.25) is 11.8 Å². The topological polar surface area (TPSA) is 114 Å². The maximum Gasteiger partial charge on any atom is 0.264 e. The molecule has 3 aromatic carbocycles. The number of para-hydroxylation sites is 1. The number of nitrogens with zero attached hydrogens (tertiary/aromatic N) is 2. The van der Waals surface area contributed by atoms with Crippen molar-refractivity contribution in [3.05, 3.63) is 78.4 Å². The number of hydrogen-bond acceptors (Lipinski definition) is 7. The van der Waals surface area contributed by atoms with Crippen molar-refractivity contribution < 1.29 is 32.2 Å². The number of anilines is 1. The molecule has 3 rings (SSSR count). The van der Waals surface area contributed by atoms with Gasteiger partial charge in [-0.05, 0) is 62.7 Å². The first-order valence-corrected chi connectivity index (χ1v) is 14.5. The maximum absolute atomic E-state index is 14.0. The molecule has 1 atom stereocenters. The Morgan fingerprint density at radius 3 is 2.02 bits per heavy atom. The Labute approximate surface area is 241 Å². The highest BCUT2D eigenvalue weighted by Crippen LogP contribution is 2.32. The highest BCUT2D eigenvalue weighted by Gasteiger charge is 2.33. The molecule has 0 aliphatic rings. The van der Waals surface area contributed by atoms with E-state index in [0.29, 0.717) is 17.2 Å². The molecule has 0 aliphatic carbocycles. The van der Waals surface area contributed by atoms with Gasteiger partial charge in [0, 0.05) is 18.7 Å². The van der Waals surface area contributed by atoms with Crippen LogP contribution in [0.25, 0.3) is 0 Å². The predicted octanol–water partition coefficient (Wildman–Crippen LogP) is 3.85. The smallest absolute Gasteiger partial charge is 0.264 e. The largest absolute Gasteiger partial charge is 0.497 e. The number of nitrogens with one attached hydrogen (secondary N) is 1. The molecule has 0 bridgehead atoms. The van der Waals surface area contributed by atoms with E-state index in [1.54, 1.807) is 68.6 Å². The Bertz CT molecular complexity index is 1430. The summed E-state index contributed by atoms with van der Waals surface area (Å²) >= 11 is 0. The third-order valence-corrected chi connectivity index (χ3v) is 8.15. The first-order valence-electron chi connectivity index (χ1n) is 13.0. The van der Waals surface area contributed by atoms with Crippen molar-refractivity contribution in [2.45, 2.75) is 44.3 Å². The second-order valence-electron chi connectivity index (χ2n) is 9.57. The van der Waals surface area contributed by atoms with Crippen LogP contribution in [0.5, 0.6) is 17.2 Å². The second kappa shape index (κ2) is 13.9. The fourth-order valence-electron chi connectivity index (χ4n) is 4.14. The summed E-state index contributed by atoms with van der Waals surface area (Å²) in [6, 6.07) is 18.6. The van der Waals surface area contributed by atoms with Gasteiger partial charge in [-0.3, -0.25) is 13.9 Å². The standard InChI is InChI=1S/C30H37N3O7S/c1-21(2)31-30(35)22(3)32(19-23-12-14-25(38-4)15-13-23)29(34)20-33(24-10-8-7-9-11-24)41(36,37)26-16-17-27(39-5)28(18-26)40-6/h7-18,21-22H,19-20H2,1-6H3,(H,31,35). The van der Waals surface area contributed by atoms with Crippen molar-refractivity contribution in [2.24, 2.45) is 0 Å². The highest BCUT2D eigenvalue weighted by molar-refractivity contribution is 7.92. The average molecular weight is 584 g/mol. The molecule has 2 amide bonds. The molecular formula is C30H37N3O7S. The van der Waals surface area contributed by atoms with E-state index in [1.807, 2.05) is 13.8 Å². The SMILES string of the molecule is COc1ccc(CN(C(=O)CN(c2ccccc2)S(=O)(=O)c2ccc(OC)c(OC)c2)C(C)C(=O)NC(C)C)cc1. The molecule has 10 nitrogen and oxygen atoms in total. The molecule has 0 aromatic heterocycles. The summed E-state index contributed by atoms with van der Waals surface area (Å²) < 4.78 is 44.8. The number of carbonyl (C=O) groups is 2. The van der Waals surface area contributed by atoms with Crippen molar-refractivity contribution in [2.75, 3.05) is 32.2 Å². The molecule has 0 saturated heterocycles. The Morgan fingerprint density at radius 1 is 0.829 bits per heavy atom. The number of methoxy groups -OCH3 is 3. The fraction of sp³-hybridized carbons (Fsp3) is 0.333. The van der Waals surface area contributed by atoms with Crippen molar-refractivity contribution in [3.63, 3.8) is 0 Å². The zero-order valence-electron chi connectivity index (χ0n) is 24.2. The van der Waals surface area contributed by atoms with E-state index >= 15 is 0 Å². The van der Waals surface area contributed by atoms with E-state index in [9.17, 15) is 18.0 Å². The summed E-state index contributed by atoms with van der Waals surface area (Å²) in [5, 5.41) is 2.84. The monoisotopic (exact) mass is 583 g/mol. The Kier molecular flexibility index (Phi) is 10.6. The van der Waals surface area contributed by atoms with Crippen LogP contribution >= 0.6 is 0 Å². The summed E-state index contributed by atoms with van der Waals surface area (Å²) in [6.45, 7) is 4.81. The van der Waals surface area contributed by atoms with Gasteiger partial charge in [0.1, 0.15) is 18.3 Å². The Hall–Kier alpha value is -4.25. The molecule has 11 heteroatoms. The second-order valence-corrected chi connectivity index (χ2v) is 11.4. The number of benzene rings is 3. The van der Waals surface area contributed by atoms with Gasteiger partial charge in [-0.1, -0.05) is 30.3 Å². The van der Waals surface area contributed by atoms with E-state index in [4.69, 9.17) is 14.2 Å². The van der Waals surface area contributed by atoms with E-state index in [2.05, 4.69) is 5.32 Å². The first-order chi connectivity index (χ1) is 19.5. The van der Waals surface area contributed by atoms with Gasteiger partial charge in [-0.15, -0.1) is 0 Å². The molecular weight excluding hydrogens is 546 g/mol. The van der Waals surface area contributed by atoms with Crippen LogP contribution in [0.15, 0.2) is 77.7 Å². The normalized spacial score (nSPS) is 11.9. The number of hydrogen-bond donors (Lipinski definition) is 1. The summed E-state index contributed by atoms with van der Waals surface area (Å²) in [5.41, 5.74) is 1.04. The number of amides is 2. The molecule has 1 unspecified atom stereocenters. The van der Waals surface area contributed by atoms with Crippen LogP contribution in [0.3, 0.4) is 0 Å². The number of ether oxygens (including phenoxy) is 3. The van der Waals surface area contributed by atoms with Gasteiger partial charge in [0.25, 0.3) is 10.0 Å². The van der Waals surface area contributed by atoms with Crippen molar-refractivity contribution in [3.8, 4) is 17.2 Å². The van der Waals surface area contributed by atoms with Gasteiger partial charge in [-0.2, -0.15) is 0 Å². The highest BCUT2D eigenvalue weighted by atomic mass is 32.2. The molecule has 0 fully saturated rings. The molecule has 0 heterocycles. The zero-order chi connectivity index (χ0) is 30.2. The van der Waals surface area contributed by atoms with Crippen molar-refractivity contribution in [1.29, 1.82) is 0 Å². The molecule has 0 aliphatic heterocycles. The summed E-state index contributed by atoms with van der Waals surface area (Å²) in [4.78, 5) is 28.3. The molecule has 3 aromatic rings. The molecule has 0 spiro atoms. The van der Waals surface area contributed by atoms with Gasteiger partial charge < -0.3 is 24.4 Å². The maximum atomic E-state index is 14.0. The molecule has 41 heavy (non-hydrogen) atoms. The lowest BCUT2D eigenvalue weighted by Gasteiger charge is -2.32. The van der Waals surface area contributed by atoms with Crippen LogP contribution in [-0.2, 0) is 26.2 Å². The lowest BCUT2D eigenvalue weighted by molar-refractivity contribution is -0.139. The van der Waals surface area contributed by atoms with E-state index in [1.165, 1.54) is 37.3 Å². The summed E-state index contributed by atoms with van der Waals surface area (Å²) in [5.74, 6) is 0.335. The van der Waals surface area contributed by atoms with Crippen molar-refractivity contribution in [1.82, 2.24) is 10.2 Å². The number of carbonyl (C=O) groups excluding carboxylic acids is 2. The molecule has 0 saturated carbocycles. The summed E-state index contributed by atoms with van der Waals surface area (Å²) in [7, 11) is 0.165. The van der Waals surface area contributed by atoms with Crippen LogP contribution in [0.4, 0.5) is 5.69 Å². The van der Waals surface area contributed by atoms with E-state index in [0.717, 1.165) is 9.87 Å². The van der Waals surface area contributed by atoms with Gasteiger partial charge >= 0.3 is 0 Å². The quantitative estimate of drug-likeness (QED) is 0.325. The minimum atomic E-state index is -4.25. The minimum absolute atomic E-state index is 0.0779. The van der Waals surface area contributed by atoms with Crippen LogP contribution in [0.2, 0.25) is 0 Å². The zero-order valence-corrected chi connectivity index (χ0v) is 25.0. The van der Waals surface area contributed by atoms with Gasteiger partial charge in [-0.25, -0.2) is 8.42 Å². The van der Waals surface area contributed by atoms with Gasteiger partial charge in [0.05, 0.1) is 31.9 Å². The van der Waals surface area contributed by atoms with Crippen LogP contribution in [0.1, 0.15) is 26.3 Å². The fourth-order valence-corrected chi connectivity index (χ4v) is 5.57. The molecule has 0 radical (unpaired) electrons. The predicted molar refractivity (Wildman–Crippen MR) is 157 cm³/mol. The average Bonchev–Trinajstić information content (AvgIpc) is 2.98. The lowest BCUT2D eigenvalue weighted by atomic mass is 10.1. The molecule has 220 valence electrons. The van der Waals surface area contributed by atoms with Crippen LogP contribution < -0.4 is 23.8 Å². The minimum Gasteiger partial charge on any atom is -0.497 e. The number of rotatable bonds is 13. The third kappa shape index (κ3) is 7.69. The molecule has 1 N–H and O–H groups in total. The third-order valence-electron chi connectivity index (χ3n) is 6.38. The van der Waals surface area contributed by atoms with Crippen LogP contribution in [0, 0.1) is 0 Å². The Balaban J connectivity index is 2.03. The van der Waals surface area contributed by atoms with Gasteiger partial charge in [0.15, 0.2) is 11.5 Å². The number of sulfonamides is 1. The van der Waals surface area contributed by atoms with Crippen LogP contribution in [-0.4, -0.2) is 65.1 Å². The van der Waals surface area contributed by atoms with Crippen molar-refractivity contribution >= 4 is 27.5 Å². The lowest BCUT2D eigenvalue weighted by Crippen LogP contribution is -2.52. The van der Waals surface area contributed by atoms with E-state index < -0.39 is 28.5 Å². The summed E-state index contributed by atoms with van der Waals surface area (Å²) in [6.07, 6.45) is 0. The Morgan fingerprint density at radius 2 is 1.46 bits per heavy atom. The first kappa shape index (κ1) is 31.3.